The summed E-state index contributed by atoms with van der Waals surface area (Å²) in [4.78, 5) is 11.6. The van der Waals surface area contributed by atoms with Crippen molar-refractivity contribution in [2.45, 2.75) is 26.7 Å². The molecule has 0 aliphatic heterocycles. The van der Waals surface area contributed by atoms with Crippen LogP contribution in [0.15, 0.2) is 18.2 Å². The van der Waals surface area contributed by atoms with Crippen molar-refractivity contribution in [2.75, 3.05) is 13.6 Å². The predicted molar refractivity (Wildman–Crippen MR) is 63.5 cm³/mol. The van der Waals surface area contributed by atoms with Gasteiger partial charge in [-0.05, 0) is 37.1 Å². The third kappa shape index (κ3) is 2.90. The molecule has 0 spiro atoms. The van der Waals surface area contributed by atoms with Gasteiger partial charge in [0.15, 0.2) is 5.78 Å². The van der Waals surface area contributed by atoms with Crippen LogP contribution >= 0.6 is 0 Å². The van der Waals surface area contributed by atoms with Crippen molar-refractivity contribution in [2.24, 2.45) is 0 Å². The van der Waals surface area contributed by atoms with Crippen LogP contribution in [0.2, 0.25) is 0 Å². The van der Waals surface area contributed by atoms with Crippen molar-refractivity contribution in [3.05, 3.63) is 34.9 Å². The first-order valence-electron chi connectivity index (χ1n) is 5.52. The first-order chi connectivity index (χ1) is 7.22. The van der Waals surface area contributed by atoms with E-state index < -0.39 is 0 Å². The molecule has 2 heteroatoms. The number of Topliss-reactive ketones (excluding diaryl/α,β-unsaturated/α-hetero) is 1. The molecule has 1 rings (SSSR count). The van der Waals surface area contributed by atoms with Crippen LogP contribution in [0.1, 0.15) is 35.3 Å². The Bertz CT molecular complexity index is 344. The van der Waals surface area contributed by atoms with Gasteiger partial charge in [0, 0.05) is 5.56 Å². The van der Waals surface area contributed by atoms with Crippen molar-refractivity contribution in [3.63, 3.8) is 0 Å². The zero-order chi connectivity index (χ0) is 11.3. The van der Waals surface area contributed by atoms with Gasteiger partial charge in [0.05, 0.1) is 6.54 Å². The molecule has 0 amide bonds. The summed E-state index contributed by atoms with van der Waals surface area (Å²) in [5.74, 6) is 0.162. The minimum absolute atomic E-state index is 0.162. The van der Waals surface area contributed by atoms with Crippen molar-refractivity contribution < 1.29 is 4.79 Å². The number of nitrogens with one attached hydrogen (secondary N) is 1. The van der Waals surface area contributed by atoms with Crippen molar-refractivity contribution in [1.82, 2.24) is 5.32 Å². The van der Waals surface area contributed by atoms with E-state index in [9.17, 15) is 4.79 Å². The summed E-state index contributed by atoms with van der Waals surface area (Å²) in [6.45, 7) is 4.68. The second-order valence-electron chi connectivity index (χ2n) is 3.64. The van der Waals surface area contributed by atoms with Gasteiger partial charge in [0.1, 0.15) is 0 Å². The molecule has 0 saturated carbocycles. The molecular weight excluding hydrogens is 186 g/mol. The van der Waals surface area contributed by atoms with Gasteiger partial charge in [-0.2, -0.15) is 0 Å². The molecule has 0 atom stereocenters. The standard InChI is InChI=1S/C13H19NO/c1-4-10-6-7-12(8-11(10)5-2)13(15)9-14-3/h6-8,14H,4-5,9H2,1-3H3. The van der Waals surface area contributed by atoms with Crippen molar-refractivity contribution >= 4 is 5.78 Å². The molecule has 2 nitrogen and oxygen atoms in total. The Morgan fingerprint density at radius 2 is 1.87 bits per heavy atom. The molecule has 0 heterocycles. The Hall–Kier alpha value is -1.15. The summed E-state index contributed by atoms with van der Waals surface area (Å²) in [7, 11) is 1.79. The molecule has 82 valence electrons. The zero-order valence-electron chi connectivity index (χ0n) is 9.76. The SMILES string of the molecule is CCc1ccc(C(=O)CNC)cc1CC. The first-order valence-corrected chi connectivity index (χ1v) is 5.52. The van der Waals surface area contributed by atoms with Crippen LogP contribution in [0.5, 0.6) is 0 Å². The highest BCUT2D eigenvalue weighted by Gasteiger charge is 2.07. The lowest BCUT2D eigenvalue weighted by Crippen LogP contribution is -2.18. The fourth-order valence-corrected chi connectivity index (χ4v) is 1.74. The lowest BCUT2D eigenvalue weighted by molar-refractivity contribution is 0.0993. The van der Waals surface area contributed by atoms with Crippen LogP contribution < -0.4 is 5.32 Å². The largest absolute Gasteiger partial charge is 0.313 e. The molecule has 0 fully saturated rings. The molecule has 0 unspecified atom stereocenters. The summed E-state index contributed by atoms with van der Waals surface area (Å²) in [6, 6.07) is 6.03. The second-order valence-corrected chi connectivity index (χ2v) is 3.64. The van der Waals surface area contributed by atoms with Gasteiger partial charge in [-0.1, -0.05) is 26.0 Å². The van der Waals surface area contributed by atoms with E-state index in [2.05, 4.69) is 25.2 Å². The smallest absolute Gasteiger partial charge is 0.176 e. The lowest BCUT2D eigenvalue weighted by Gasteiger charge is -2.08. The maximum Gasteiger partial charge on any atom is 0.176 e. The second kappa shape index (κ2) is 5.66. The molecule has 0 aliphatic carbocycles. The van der Waals surface area contributed by atoms with Gasteiger partial charge in [0.25, 0.3) is 0 Å². The Morgan fingerprint density at radius 1 is 1.20 bits per heavy atom. The fraction of sp³-hybridized carbons (Fsp3) is 0.462. The average Bonchev–Trinajstić information content (AvgIpc) is 2.28. The van der Waals surface area contributed by atoms with Gasteiger partial charge < -0.3 is 5.32 Å². The van der Waals surface area contributed by atoms with Gasteiger partial charge in [-0.25, -0.2) is 0 Å². The summed E-state index contributed by atoms with van der Waals surface area (Å²) in [5, 5.41) is 2.88. The van der Waals surface area contributed by atoms with E-state index in [1.165, 1.54) is 11.1 Å². The molecule has 0 bridgehead atoms. The minimum atomic E-state index is 0.162. The number of hydrogen-bond acceptors (Lipinski definition) is 2. The summed E-state index contributed by atoms with van der Waals surface area (Å²) in [5.41, 5.74) is 3.45. The molecule has 0 aliphatic rings. The maximum absolute atomic E-state index is 11.6. The number of carbonyl (C=O) groups excluding carboxylic acids is 1. The average molecular weight is 205 g/mol. The van der Waals surface area contributed by atoms with E-state index in [1.54, 1.807) is 7.05 Å². The Labute approximate surface area is 91.7 Å². The van der Waals surface area contributed by atoms with Gasteiger partial charge in [0.2, 0.25) is 0 Å². The highest BCUT2D eigenvalue weighted by molar-refractivity contribution is 5.97. The monoisotopic (exact) mass is 205 g/mol. The first kappa shape index (κ1) is 11.9. The highest BCUT2D eigenvalue weighted by atomic mass is 16.1. The van der Waals surface area contributed by atoms with Crippen LogP contribution in [-0.2, 0) is 12.8 Å². The summed E-state index contributed by atoms with van der Waals surface area (Å²) >= 11 is 0. The Morgan fingerprint density at radius 3 is 2.40 bits per heavy atom. The van der Waals surface area contributed by atoms with Gasteiger partial charge >= 0.3 is 0 Å². The van der Waals surface area contributed by atoms with Crippen LogP contribution in [0.25, 0.3) is 0 Å². The number of aryl methyl sites for hydroxylation is 2. The number of hydrogen-bond donors (Lipinski definition) is 1. The molecule has 0 radical (unpaired) electrons. The van der Waals surface area contributed by atoms with Crippen molar-refractivity contribution in [1.29, 1.82) is 0 Å². The Kier molecular flexibility index (Phi) is 4.50. The fourth-order valence-electron chi connectivity index (χ4n) is 1.74. The van der Waals surface area contributed by atoms with Gasteiger partial charge in [-0.3, -0.25) is 4.79 Å². The lowest BCUT2D eigenvalue weighted by atomic mass is 9.98. The van der Waals surface area contributed by atoms with Crippen LogP contribution in [0.4, 0.5) is 0 Å². The zero-order valence-corrected chi connectivity index (χ0v) is 9.76. The van der Waals surface area contributed by atoms with E-state index in [4.69, 9.17) is 0 Å². The topological polar surface area (TPSA) is 29.1 Å². The molecular formula is C13H19NO. The molecule has 0 aromatic heterocycles. The minimum Gasteiger partial charge on any atom is -0.313 e. The number of ketones is 1. The molecule has 1 N–H and O–H groups in total. The highest BCUT2D eigenvalue weighted by Crippen LogP contribution is 2.14. The summed E-state index contributed by atoms with van der Waals surface area (Å²) in [6.07, 6.45) is 2.02. The molecule has 0 saturated heterocycles. The van der Waals surface area contributed by atoms with Crippen LogP contribution in [0, 0.1) is 0 Å². The van der Waals surface area contributed by atoms with Gasteiger partial charge in [-0.15, -0.1) is 0 Å². The normalized spacial score (nSPS) is 10.3. The van der Waals surface area contributed by atoms with E-state index in [1.807, 2.05) is 12.1 Å². The van der Waals surface area contributed by atoms with E-state index in [-0.39, 0.29) is 5.78 Å². The maximum atomic E-state index is 11.6. The van der Waals surface area contributed by atoms with Crippen LogP contribution in [-0.4, -0.2) is 19.4 Å². The third-order valence-corrected chi connectivity index (χ3v) is 2.63. The number of rotatable bonds is 5. The summed E-state index contributed by atoms with van der Waals surface area (Å²) < 4.78 is 0. The number of likely N-dealkylation sites (N-methyl/N-ethyl adjacent to an activating group) is 1. The number of benzene rings is 1. The van der Waals surface area contributed by atoms with E-state index in [0.717, 1.165) is 18.4 Å². The van der Waals surface area contributed by atoms with E-state index in [0.29, 0.717) is 6.54 Å². The van der Waals surface area contributed by atoms with E-state index >= 15 is 0 Å². The quantitative estimate of drug-likeness (QED) is 0.747. The number of carbonyl (C=O) groups is 1. The molecule has 1 aromatic carbocycles. The van der Waals surface area contributed by atoms with Crippen molar-refractivity contribution in [3.8, 4) is 0 Å². The van der Waals surface area contributed by atoms with Crippen LogP contribution in [0.3, 0.4) is 0 Å². The molecule has 15 heavy (non-hydrogen) atoms. The predicted octanol–water partition coefficient (Wildman–Crippen LogP) is 2.21. The third-order valence-electron chi connectivity index (χ3n) is 2.63. The Balaban J connectivity index is 2.97. The molecule has 1 aromatic rings.